The van der Waals surface area contributed by atoms with Crippen LogP contribution in [0.15, 0.2) is 23.8 Å². The highest BCUT2D eigenvalue weighted by atomic mass is 16.5. The van der Waals surface area contributed by atoms with Crippen LogP contribution in [0.5, 0.6) is 11.5 Å². The Balaban J connectivity index is 1.91. The Kier molecular flexibility index (Phi) is 2.98. The van der Waals surface area contributed by atoms with E-state index < -0.39 is 6.10 Å². The molecule has 4 nitrogen and oxygen atoms in total. The molecule has 112 valence electrons. The van der Waals surface area contributed by atoms with E-state index in [1.165, 1.54) is 16.7 Å². The van der Waals surface area contributed by atoms with Crippen molar-refractivity contribution >= 4 is 0 Å². The SMILES string of the molecule is COc1ccc2c3c1O[C@@H]1C[C@H](O)C=C(CCN(C)C2)[C@@H]31. The van der Waals surface area contributed by atoms with Crippen molar-refractivity contribution in [3.8, 4) is 11.5 Å². The number of methoxy groups -OCH3 is 1. The zero-order valence-electron chi connectivity index (χ0n) is 12.5. The van der Waals surface area contributed by atoms with Gasteiger partial charge >= 0.3 is 0 Å². The summed E-state index contributed by atoms with van der Waals surface area (Å²) in [6, 6.07) is 4.16. The van der Waals surface area contributed by atoms with Crippen LogP contribution in [-0.2, 0) is 6.54 Å². The van der Waals surface area contributed by atoms with Crippen LogP contribution in [0.2, 0.25) is 0 Å². The van der Waals surface area contributed by atoms with E-state index in [-0.39, 0.29) is 6.10 Å². The van der Waals surface area contributed by atoms with Crippen LogP contribution in [0.3, 0.4) is 0 Å². The lowest BCUT2D eigenvalue weighted by Gasteiger charge is -2.32. The molecule has 0 bridgehead atoms. The highest BCUT2D eigenvalue weighted by molar-refractivity contribution is 5.59. The second-order valence-electron chi connectivity index (χ2n) is 6.34. The molecule has 1 aliphatic carbocycles. The summed E-state index contributed by atoms with van der Waals surface area (Å²) in [6.07, 6.45) is 3.36. The Morgan fingerprint density at radius 1 is 1.38 bits per heavy atom. The lowest BCUT2D eigenvalue weighted by atomic mass is 9.77. The van der Waals surface area contributed by atoms with Gasteiger partial charge in [0.2, 0.25) is 0 Å². The molecule has 0 saturated carbocycles. The van der Waals surface area contributed by atoms with Gasteiger partial charge in [-0.05, 0) is 25.1 Å². The molecule has 2 aliphatic heterocycles. The molecule has 0 aromatic heterocycles. The number of ether oxygens (including phenoxy) is 2. The highest BCUT2D eigenvalue weighted by Gasteiger charge is 2.44. The normalized spacial score (nSPS) is 30.8. The smallest absolute Gasteiger partial charge is 0.165 e. The van der Waals surface area contributed by atoms with Crippen LogP contribution >= 0.6 is 0 Å². The molecule has 4 heteroatoms. The van der Waals surface area contributed by atoms with Gasteiger partial charge in [0.05, 0.1) is 13.2 Å². The van der Waals surface area contributed by atoms with Gasteiger partial charge in [0.1, 0.15) is 6.10 Å². The molecule has 21 heavy (non-hydrogen) atoms. The fourth-order valence-electron chi connectivity index (χ4n) is 3.98. The Morgan fingerprint density at radius 2 is 2.24 bits per heavy atom. The van der Waals surface area contributed by atoms with Crippen LogP contribution in [0.25, 0.3) is 0 Å². The van der Waals surface area contributed by atoms with Crippen molar-refractivity contribution in [2.24, 2.45) is 0 Å². The van der Waals surface area contributed by atoms with Gasteiger partial charge in [-0.1, -0.05) is 17.7 Å². The Morgan fingerprint density at radius 3 is 3.05 bits per heavy atom. The third kappa shape index (κ3) is 1.97. The van der Waals surface area contributed by atoms with E-state index in [4.69, 9.17) is 9.47 Å². The first-order valence-electron chi connectivity index (χ1n) is 7.61. The van der Waals surface area contributed by atoms with Gasteiger partial charge in [-0.25, -0.2) is 0 Å². The van der Waals surface area contributed by atoms with Crippen LogP contribution in [-0.4, -0.2) is 42.9 Å². The lowest BCUT2D eigenvalue weighted by molar-refractivity contribution is 0.111. The van der Waals surface area contributed by atoms with E-state index >= 15 is 0 Å². The molecule has 1 N–H and O–H groups in total. The summed E-state index contributed by atoms with van der Waals surface area (Å²) in [5, 5.41) is 10.1. The fraction of sp³-hybridized carbons (Fsp3) is 0.529. The molecule has 0 amide bonds. The van der Waals surface area contributed by atoms with Crippen molar-refractivity contribution in [3.05, 3.63) is 34.9 Å². The summed E-state index contributed by atoms with van der Waals surface area (Å²) in [6.45, 7) is 1.96. The first-order valence-corrected chi connectivity index (χ1v) is 7.61. The maximum absolute atomic E-state index is 10.1. The number of nitrogens with zero attached hydrogens (tertiary/aromatic N) is 1. The second-order valence-corrected chi connectivity index (χ2v) is 6.34. The van der Waals surface area contributed by atoms with Gasteiger partial charge in [0, 0.05) is 31.0 Å². The molecule has 1 aromatic carbocycles. The molecular formula is C17H21NO3. The van der Waals surface area contributed by atoms with E-state index in [0.717, 1.165) is 31.0 Å². The van der Waals surface area contributed by atoms with Crippen molar-refractivity contribution < 1.29 is 14.6 Å². The van der Waals surface area contributed by atoms with E-state index in [1.807, 2.05) is 12.1 Å². The molecule has 3 atom stereocenters. The zero-order chi connectivity index (χ0) is 14.6. The van der Waals surface area contributed by atoms with Gasteiger partial charge in [0.15, 0.2) is 11.5 Å². The van der Waals surface area contributed by atoms with Gasteiger partial charge < -0.3 is 19.5 Å². The molecule has 4 rings (SSSR count). The largest absolute Gasteiger partial charge is 0.493 e. The molecule has 0 spiro atoms. The van der Waals surface area contributed by atoms with Crippen molar-refractivity contribution in [2.45, 2.75) is 37.5 Å². The van der Waals surface area contributed by atoms with Gasteiger partial charge in [-0.15, -0.1) is 0 Å². The van der Waals surface area contributed by atoms with E-state index in [2.05, 4.69) is 18.0 Å². The summed E-state index contributed by atoms with van der Waals surface area (Å²) in [5.74, 6) is 1.99. The quantitative estimate of drug-likeness (QED) is 0.803. The van der Waals surface area contributed by atoms with Gasteiger partial charge in [0.25, 0.3) is 0 Å². The van der Waals surface area contributed by atoms with Crippen molar-refractivity contribution in [2.75, 3.05) is 20.7 Å². The van der Waals surface area contributed by atoms with Gasteiger partial charge in [-0.3, -0.25) is 0 Å². The topological polar surface area (TPSA) is 41.9 Å². The molecule has 0 fully saturated rings. The number of aliphatic hydroxyl groups excluding tert-OH is 1. The Labute approximate surface area is 125 Å². The summed E-state index contributed by atoms with van der Waals surface area (Å²) in [4.78, 5) is 2.33. The number of aliphatic hydroxyl groups is 1. The summed E-state index contributed by atoms with van der Waals surface area (Å²) >= 11 is 0. The maximum Gasteiger partial charge on any atom is 0.165 e. The second kappa shape index (κ2) is 4.75. The van der Waals surface area contributed by atoms with Crippen LogP contribution in [0.4, 0.5) is 0 Å². The zero-order valence-corrected chi connectivity index (χ0v) is 12.5. The summed E-state index contributed by atoms with van der Waals surface area (Å²) in [7, 11) is 3.83. The average molecular weight is 287 g/mol. The molecular weight excluding hydrogens is 266 g/mol. The Bertz CT molecular complexity index is 610. The first kappa shape index (κ1) is 13.2. The number of benzene rings is 1. The van der Waals surface area contributed by atoms with Crippen molar-refractivity contribution in [1.82, 2.24) is 4.90 Å². The minimum absolute atomic E-state index is 0.0495. The van der Waals surface area contributed by atoms with E-state index in [9.17, 15) is 5.11 Å². The minimum Gasteiger partial charge on any atom is -0.493 e. The van der Waals surface area contributed by atoms with Gasteiger partial charge in [-0.2, -0.15) is 0 Å². The number of hydrogen-bond donors (Lipinski definition) is 1. The molecule has 0 unspecified atom stereocenters. The average Bonchev–Trinajstić information content (AvgIpc) is 2.82. The van der Waals surface area contributed by atoms with E-state index in [1.54, 1.807) is 7.11 Å². The lowest BCUT2D eigenvalue weighted by Crippen LogP contribution is -2.33. The van der Waals surface area contributed by atoms with Crippen LogP contribution in [0.1, 0.15) is 29.9 Å². The van der Waals surface area contributed by atoms with E-state index in [0.29, 0.717) is 12.3 Å². The molecule has 3 aliphatic rings. The van der Waals surface area contributed by atoms with Crippen LogP contribution in [0, 0.1) is 0 Å². The number of hydrogen-bond acceptors (Lipinski definition) is 4. The molecule has 0 radical (unpaired) electrons. The van der Waals surface area contributed by atoms with Crippen molar-refractivity contribution in [1.29, 1.82) is 0 Å². The third-order valence-corrected chi connectivity index (χ3v) is 4.92. The predicted molar refractivity (Wildman–Crippen MR) is 79.8 cm³/mol. The summed E-state index contributed by atoms with van der Waals surface area (Å²) in [5.41, 5.74) is 3.92. The van der Waals surface area contributed by atoms with Crippen LogP contribution < -0.4 is 9.47 Å². The third-order valence-electron chi connectivity index (χ3n) is 4.92. The first-order chi connectivity index (χ1) is 10.2. The molecule has 0 saturated heterocycles. The standard InChI is InChI=1S/C17H21NO3/c1-18-6-5-10-7-12(19)8-14-15(10)16-11(9-18)3-4-13(20-2)17(16)21-14/h3-4,7,12,14-15,19H,5-6,8-9H2,1-2H3/t12-,14-,15-/m1/s1. The molecule has 2 heterocycles. The predicted octanol–water partition coefficient (Wildman–Crippen LogP) is 2.07. The summed E-state index contributed by atoms with van der Waals surface area (Å²) < 4.78 is 11.7. The number of rotatable bonds is 1. The minimum atomic E-state index is -0.394. The fourth-order valence-corrected chi connectivity index (χ4v) is 3.98. The van der Waals surface area contributed by atoms with Crippen molar-refractivity contribution in [3.63, 3.8) is 0 Å². The monoisotopic (exact) mass is 287 g/mol. The Hall–Kier alpha value is -1.52. The highest BCUT2D eigenvalue weighted by Crippen LogP contribution is 2.53. The maximum atomic E-state index is 10.1. The molecule has 1 aromatic rings.